The van der Waals surface area contributed by atoms with E-state index < -0.39 is 10.8 Å². The van der Waals surface area contributed by atoms with Crippen molar-refractivity contribution in [3.05, 3.63) is 15.3 Å². The highest BCUT2D eigenvalue weighted by atomic mass is 16.9. The molecule has 0 amide bonds. The first-order chi connectivity index (χ1) is 4.22. The maximum Gasteiger partial charge on any atom is 0.532 e. The molecular weight excluding hydrogens is 128 g/mol. The predicted octanol–water partition coefficient (Wildman–Crippen LogP) is -0.493. The van der Waals surface area contributed by atoms with Gasteiger partial charge in [-0.1, -0.05) is 0 Å². The summed E-state index contributed by atoms with van der Waals surface area (Å²) >= 11 is 0. The quantitative estimate of drug-likeness (QED) is 0.253. The molecule has 6 nitrogen and oxygen atoms in total. The molecule has 9 heavy (non-hydrogen) atoms. The molecule has 1 heterocycles. The Balaban J connectivity index is 2.78. The largest absolute Gasteiger partial charge is 0.532 e. The minimum absolute atomic E-state index is 0.0556. The van der Waals surface area contributed by atoms with Crippen molar-refractivity contribution < 1.29 is 14.7 Å². The number of amidine groups is 1. The van der Waals surface area contributed by atoms with E-state index in [0.29, 0.717) is 0 Å². The standard InChI is InChI=1S/C3H4N2O4/c6-4(7)3-1-2-9-5(3)8/h1-2H2. The van der Waals surface area contributed by atoms with Gasteiger partial charge in [0, 0.05) is 0 Å². The summed E-state index contributed by atoms with van der Waals surface area (Å²) in [4.78, 5) is 13.3. The van der Waals surface area contributed by atoms with Gasteiger partial charge in [-0.05, 0) is 0 Å². The van der Waals surface area contributed by atoms with Crippen molar-refractivity contribution in [2.24, 2.45) is 0 Å². The molecule has 1 aliphatic rings. The van der Waals surface area contributed by atoms with Crippen LogP contribution in [-0.4, -0.2) is 22.3 Å². The molecule has 6 heteroatoms. The van der Waals surface area contributed by atoms with Gasteiger partial charge in [-0.25, -0.2) is 0 Å². The van der Waals surface area contributed by atoms with Crippen LogP contribution in [0.25, 0.3) is 0 Å². The van der Waals surface area contributed by atoms with Gasteiger partial charge in [-0.2, -0.15) is 0 Å². The Kier molecular flexibility index (Phi) is 1.21. The lowest BCUT2D eigenvalue weighted by molar-refractivity contribution is -0.747. The van der Waals surface area contributed by atoms with Gasteiger partial charge < -0.3 is 4.84 Å². The van der Waals surface area contributed by atoms with Crippen LogP contribution in [-0.2, 0) is 4.84 Å². The summed E-state index contributed by atoms with van der Waals surface area (Å²) in [5.41, 5.74) is 0. The van der Waals surface area contributed by atoms with Gasteiger partial charge in [0.05, 0.1) is 6.61 Å². The maximum absolute atomic E-state index is 10.2. The van der Waals surface area contributed by atoms with E-state index in [1.54, 1.807) is 0 Å². The predicted molar refractivity (Wildman–Crippen MR) is 26.2 cm³/mol. The SMILES string of the molecule is O=[N+]([O-])C1=[N+]([O-])OCC1. The Bertz CT molecular complexity index is 175. The van der Waals surface area contributed by atoms with Crippen LogP contribution in [0.1, 0.15) is 6.42 Å². The first-order valence-electron chi connectivity index (χ1n) is 2.32. The Labute approximate surface area is 50.0 Å². The molecule has 1 rings (SSSR count). The summed E-state index contributed by atoms with van der Waals surface area (Å²) in [6.07, 6.45) is 0.0938. The number of rotatable bonds is 0. The van der Waals surface area contributed by atoms with Gasteiger partial charge >= 0.3 is 5.84 Å². The molecular formula is C3H4N2O4. The highest BCUT2D eigenvalue weighted by molar-refractivity contribution is 5.69. The minimum atomic E-state index is -0.736. The van der Waals surface area contributed by atoms with E-state index >= 15 is 0 Å². The van der Waals surface area contributed by atoms with Gasteiger partial charge in [0.2, 0.25) is 0 Å². The lowest BCUT2D eigenvalue weighted by Gasteiger charge is -1.88. The first kappa shape index (κ1) is 5.80. The lowest BCUT2D eigenvalue weighted by Crippen LogP contribution is -2.16. The minimum Gasteiger partial charge on any atom is -0.397 e. The Morgan fingerprint density at radius 2 is 2.44 bits per heavy atom. The number of hydrogen-bond acceptors (Lipinski definition) is 4. The van der Waals surface area contributed by atoms with Crippen LogP contribution >= 0.6 is 0 Å². The van der Waals surface area contributed by atoms with Crippen molar-refractivity contribution in [3.63, 3.8) is 0 Å². The molecule has 0 aromatic carbocycles. The van der Waals surface area contributed by atoms with Crippen LogP contribution in [0.5, 0.6) is 0 Å². The molecule has 0 N–H and O–H groups in total. The van der Waals surface area contributed by atoms with Crippen molar-refractivity contribution in [3.8, 4) is 0 Å². The van der Waals surface area contributed by atoms with E-state index in [-0.39, 0.29) is 17.9 Å². The topological polar surface area (TPSA) is 78.4 Å². The number of nitrogens with zero attached hydrogens (tertiary/aromatic N) is 2. The molecule has 0 radical (unpaired) electrons. The zero-order valence-electron chi connectivity index (χ0n) is 4.44. The van der Waals surface area contributed by atoms with Crippen molar-refractivity contribution in [1.29, 1.82) is 0 Å². The normalized spacial score (nSPS) is 17.8. The maximum atomic E-state index is 10.2. The van der Waals surface area contributed by atoms with Gasteiger partial charge in [0.25, 0.3) is 0 Å². The summed E-state index contributed by atoms with van der Waals surface area (Å²) in [6.45, 7) is 0.111. The third kappa shape index (κ3) is 0.906. The molecule has 0 saturated heterocycles. The van der Waals surface area contributed by atoms with Crippen molar-refractivity contribution >= 4 is 5.84 Å². The monoisotopic (exact) mass is 132 g/mol. The van der Waals surface area contributed by atoms with Crippen molar-refractivity contribution in [1.82, 2.24) is 0 Å². The van der Waals surface area contributed by atoms with Crippen LogP contribution in [0, 0.1) is 15.3 Å². The van der Waals surface area contributed by atoms with E-state index in [1.807, 2.05) is 0 Å². The summed E-state index contributed by atoms with van der Waals surface area (Å²) in [5.74, 6) is -0.421. The summed E-state index contributed by atoms with van der Waals surface area (Å²) in [5, 5.41) is 20.1. The van der Waals surface area contributed by atoms with Crippen molar-refractivity contribution in [2.75, 3.05) is 6.61 Å². The van der Waals surface area contributed by atoms with Crippen LogP contribution in [0.4, 0.5) is 0 Å². The van der Waals surface area contributed by atoms with E-state index in [4.69, 9.17) is 0 Å². The molecule has 0 aromatic rings. The fourth-order valence-corrected chi connectivity index (χ4v) is 0.544. The zero-order valence-corrected chi connectivity index (χ0v) is 4.44. The molecule has 0 unspecified atom stereocenters. The van der Waals surface area contributed by atoms with Crippen LogP contribution in [0.3, 0.4) is 0 Å². The summed E-state index contributed by atoms with van der Waals surface area (Å²) in [7, 11) is 0. The van der Waals surface area contributed by atoms with Gasteiger partial charge in [-0.3, -0.25) is 15.3 Å². The molecule has 0 spiro atoms. The third-order valence-corrected chi connectivity index (χ3v) is 0.956. The molecule has 0 atom stereocenters. The summed E-state index contributed by atoms with van der Waals surface area (Å²) in [6, 6.07) is 0. The Hall–Kier alpha value is -1.33. The Morgan fingerprint density at radius 1 is 1.78 bits per heavy atom. The molecule has 1 aliphatic heterocycles. The van der Waals surface area contributed by atoms with E-state index in [9.17, 15) is 15.3 Å². The fraction of sp³-hybridized carbons (Fsp3) is 0.667. The number of hydrogen-bond donors (Lipinski definition) is 0. The van der Waals surface area contributed by atoms with E-state index in [0.717, 1.165) is 0 Å². The van der Waals surface area contributed by atoms with E-state index in [2.05, 4.69) is 4.84 Å². The van der Waals surface area contributed by atoms with Gasteiger partial charge in [0.15, 0.2) is 0 Å². The highest BCUT2D eigenvalue weighted by Crippen LogP contribution is 1.98. The highest BCUT2D eigenvalue weighted by Gasteiger charge is 2.30. The molecule has 50 valence electrons. The summed E-state index contributed by atoms with van der Waals surface area (Å²) < 4.78 is 0. The average Bonchev–Trinajstić information content (AvgIpc) is 2.13. The van der Waals surface area contributed by atoms with Crippen molar-refractivity contribution in [2.45, 2.75) is 6.42 Å². The molecule has 0 saturated carbocycles. The van der Waals surface area contributed by atoms with Crippen LogP contribution < -0.4 is 0 Å². The Morgan fingerprint density at radius 3 is 2.67 bits per heavy atom. The second kappa shape index (κ2) is 1.88. The first-order valence-corrected chi connectivity index (χ1v) is 2.32. The molecule has 0 bridgehead atoms. The van der Waals surface area contributed by atoms with Gasteiger partial charge in [0.1, 0.15) is 16.2 Å². The molecule has 0 fully saturated rings. The van der Waals surface area contributed by atoms with E-state index in [1.165, 1.54) is 0 Å². The second-order valence-electron chi connectivity index (χ2n) is 1.51. The van der Waals surface area contributed by atoms with Crippen LogP contribution in [0.15, 0.2) is 0 Å². The second-order valence-corrected chi connectivity index (χ2v) is 1.51. The molecule has 0 aliphatic carbocycles. The number of nitro groups is 1. The smallest absolute Gasteiger partial charge is 0.397 e. The average molecular weight is 132 g/mol. The fourth-order valence-electron chi connectivity index (χ4n) is 0.544. The third-order valence-electron chi connectivity index (χ3n) is 0.956. The lowest BCUT2D eigenvalue weighted by atomic mass is 10.4. The van der Waals surface area contributed by atoms with Crippen LogP contribution in [0.2, 0.25) is 0 Å². The van der Waals surface area contributed by atoms with Gasteiger partial charge in [-0.15, -0.1) is 0 Å². The zero-order chi connectivity index (χ0) is 6.85. The molecule has 0 aromatic heterocycles.